The van der Waals surface area contributed by atoms with Crippen LogP contribution in [0.1, 0.15) is 37.0 Å². The summed E-state index contributed by atoms with van der Waals surface area (Å²) < 4.78 is 2.08. The standard InChI is InChI=1S/C22H25N3O/c1-3-7-17-14-25(4-2)22-20(21(17)26)12-19(13-23-22)24-18-10-15-8-5-6-9-16(15)11-18/h5-6,8-9,12-14,18,24H,3-4,7,10-11H2,1-2H3. The molecule has 1 aliphatic carbocycles. The second kappa shape index (κ2) is 6.94. The van der Waals surface area contributed by atoms with E-state index in [4.69, 9.17) is 0 Å². The van der Waals surface area contributed by atoms with E-state index in [-0.39, 0.29) is 5.43 Å². The molecule has 0 radical (unpaired) electrons. The molecule has 0 aliphatic heterocycles. The summed E-state index contributed by atoms with van der Waals surface area (Å²) in [6, 6.07) is 10.9. The lowest BCUT2D eigenvalue weighted by molar-refractivity contribution is 0.758. The quantitative estimate of drug-likeness (QED) is 0.760. The number of aromatic nitrogens is 2. The molecule has 134 valence electrons. The molecule has 0 bridgehead atoms. The number of hydrogen-bond acceptors (Lipinski definition) is 3. The van der Waals surface area contributed by atoms with Crippen LogP contribution in [0.5, 0.6) is 0 Å². The predicted molar refractivity (Wildman–Crippen MR) is 107 cm³/mol. The van der Waals surface area contributed by atoms with Gasteiger partial charge in [0.1, 0.15) is 5.65 Å². The molecule has 26 heavy (non-hydrogen) atoms. The van der Waals surface area contributed by atoms with Gasteiger partial charge in [-0.05, 0) is 43.4 Å². The number of anilines is 1. The fourth-order valence-electron chi connectivity index (χ4n) is 4.00. The van der Waals surface area contributed by atoms with E-state index in [1.807, 2.05) is 18.5 Å². The average Bonchev–Trinajstić information content (AvgIpc) is 3.06. The molecule has 2 aromatic heterocycles. The molecule has 4 nitrogen and oxygen atoms in total. The van der Waals surface area contributed by atoms with Gasteiger partial charge in [0.15, 0.2) is 5.43 Å². The van der Waals surface area contributed by atoms with Gasteiger partial charge >= 0.3 is 0 Å². The summed E-state index contributed by atoms with van der Waals surface area (Å²) in [6.45, 7) is 5.00. The number of rotatable bonds is 5. The number of hydrogen-bond donors (Lipinski definition) is 1. The van der Waals surface area contributed by atoms with Crippen molar-refractivity contribution < 1.29 is 0 Å². The van der Waals surface area contributed by atoms with E-state index in [9.17, 15) is 4.79 Å². The van der Waals surface area contributed by atoms with Gasteiger partial charge in [-0.15, -0.1) is 0 Å². The van der Waals surface area contributed by atoms with Crippen LogP contribution in [0.25, 0.3) is 11.0 Å². The van der Waals surface area contributed by atoms with Crippen molar-refractivity contribution in [2.24, 2.45) is 0 Å². The molecule has 0 saturated carbocycles. The summed E-state index contributed by atoms with van der Waals surface area (Å²) in [5, 5.41) is 4.31. The Morgan fingerprint density at radius 3 is 2.58 bits per heavy atom. The van der Waals surface area contributed by atoms with Gasteiger partial charge in [-0.25, -0.2) is 4.98 Å². The summed E-state index contributed by atoms with van der Waals surface area (Å²) in [5.74, 6) is 0. The van der Waals surface area contributed by atoms with E-state index in [2.05, 4.69) is 53.0 Å². The molecule has 1 aliphatic rings. The lowest BCUT2D eigenvalue weighted by Gasteiger charge is -2.15. The number of benzene rings is 1. The Morgan fingerprint density at radius 1 is 1.19 bits per heavy atom. The monoisotopic (exact) mass is 347 g/mol. The molecule has 1 aromatic carbocycles. The van der Waals surface area contributed by atoms with Gasteiger partial charge in [-0.2, -0.15) is 0 Å². The second-order valence-electron chi connectivity index (χ2n) is 7.13. The molecule has 0 unspecified atom stereocenters. The van der Waals surface area contributed by atoms with Crippen molar-refractivity contribution in [3.8, 4) is 0 Å². The SMILES string of the molecule is CCCc1cn(CC)c2ncc(NC3Cc4ccccc4C3)cc2c1=O. The molecule has 0 amide bonds. The maximum absolute atomic E-state index is 12.9. The molecule has 4 heteroatoms. The molecule has 0 saturated heterocycles. The van der Waals surface area contributed by atoms with Gasteiger partial charge in [0.2, 0.25) is 0 Å². The predicted octanol–water partition coefficient (Wildman–Crippen LogP) is 3.95. The zero-order valence-electron chi connectivity index (χ0n) is 15.5. The largest absolute Gasteiger partial charge is 0.380 e. The van der Waals surface area contributed by atoms with Crippen LogP contribution in [0.15, 0.2) is 47.5 Å². The summed E-state index contributed by atoms with van der Waals surface area (Å²) in [5.41, 5.74) is 5.54. The van der Waals surface area contributed by atoms with Crippen LogP contribution in [0.3, 0.4) is 0 Å². The highest BCUT2D eigenvalue weighted by molar-refractivity contribution is 5.79. The molecule has 0 spiro atoms. The Kier molecular flexibility index (Phi) is 4.49. The van der Waals surface area contributed by atoms with Gasteiger partial charge in [0, 0.05) is 24.3 Å². The molecule has 1 N–H and O–H groups in total. The molecule has 2 heterocycles. The Labute approximate surface area is 153 Å². The highest BCUT2D eigenvalue weighted by Gasteiger charge is 2.21. The number of fused-ring (bicyclic) bond motifs is 2. The van der Waals surface area contributed by atoms with Crippen molar-refractivity contribution in [3.05, 3.63) is 69.6 Å². The first-order chi connectivity index (χ1) is 12.7. The topological polar surface area (TPSA) is 46.9 Å². The zero-order chi connectivity index (χ0) is 18.1. The van der Waals surface area contributed by atoms with Crippen LogP contribution >= 0.6 is 0 Å². The van der Waals surface area contributed by atoms with Gasteiger partial charge in [0.05, 0.1) is 17.3 Å². The first-order valence-corrected chi connectivity index (χ1v) is 9.55. The Morgan fingerprint density at radius 2 is 1.92 bits per heavy atom. The highest BCUT2D eigenvalue weighted by Crippen LogP contribution is 2.25. The molecule has 3 aromatic rings. The van der Waals surface area contributed by atoms with E-state index >= 15 is 0 Å². The van der Waals surface area contributed by atoms with Crippen molar-refractivity contribution in [3.63, 3.8) is 0 Å². The van der Waals surface area contributed by atoms with Gasteiger partial charge in [0.25, 0.3) is 0 Å². The maximum Gasteiger partial charge on any atom is 0.194 e. The lowest BCUT2D eigenvalue weighted by atomic mass is 10.1. The van der Waals surface area contributed by atoms with Crippen LogP contribution < -0.4 is 10.7 Å². The highest BCUT2D eigenvalue weighted by atomic mass is 16.1. The third-order valence-electron chi connectivity index (χ3n) is 5.27. The normalized spacial score (nSPS) is 13.9. The lowest BCUT2D eigenvalue weighted by Crippen LogP contribution is -2.20. The zero-order valence-corrected chi connectivity index (χ0v) is 15.5. The van der Waals surface area contributed by atoms with Crippen LogP contribution in [-0.2, 0) is 25.8 Å². The van der Waals surface area contributed by atoms with Crippen LogP contribution in [0.2, 0.25) is 0 Å². The Balaban J connectivity index is 1.67. The van der Waals surface area contributed by atoms with Crippen molar-refractivity contribution in [1.29, 1.82) is 0 Å². The second-order valence-corrected chi connectivity index (χ2v) is 7.13. The maximum atomic E-state index is 12.9. The number of nitrogens with zero attached hydrogens (tertiary/aromatic N) is 2. The number of aryl methyl sites for hydroxylation is 2. The van der Waals surface area contributed by atoms with Gasteiger partial charge in [-0.3, -0.25) is 4.79 Å². The minimum absolute atomic E-state index is 0.123. The smallest absolute Gasteiger partial charge is 0.194 e. The van der Waals surface area contributed by atoms with E-state index in [0.717, 1.165) is 54.5 Å². The molecular formula is C22H25N3O. The average molecular weight is 347 g/mol. The minimum atomic E-state index is 0.123. The van der Waals surface area contributed by atoms with Crippen molar-refractivity contribution >= 4 is 16.7 Å². The summed E-state index contributed by atoms with van der Waals surface area (Å²) in [7, 11) is 0. The Bertz CT molecular complexity index is 981. The van der Waals surface area contributed by atoms with Crippen LogP contribution in [0.4, 0.5) is 5.69 Å². The molecule has 0 atom stereocenters. The summed E-state index contributed by atoms with van der Waals surface area (Å²) in [6.07, 6.45) is 7.64. The number of nitrogens with one attached hydrogen (secondary N) is 1. The first kappa shape index (κ1) is 16.8. The summed E-state index contributed by atoms with van der Waals surface area (Å²) >= 11 is 0. The Hall–Kier alpha value is -2.62. The minimum Gasteiger partial charge on any atom is -0.380 e. The fraction of sp³-hybridized carbons (Fsp3) is 0.364. The first-order valence-electron chi connectivity index (χ1n) is 9.55. The van der Waals surface area contributed by atoms with Crippen molar-refractivity contribution in [1.82, 2.24) is 9.55 Å². The van der Waals surface area contributed by atoms with E-state index in [1.165, 1.54) is 11.1 Å². The molecule has 4 rings (SSSR count). The van der Waals surface area contributed by atoms with Crippen LogP contribution in [0, 0.1) is 0 Å². The van der Waals surface area contributed by atoms with E-state index in [1.54, 1.807) is 0 Å². The van der Waals surface area contributed by atoms with Gasteiger partial charge < -0.3 is 9.88 Å². The third-order valence-corrected chi connectivity index (χ3v) is 5.27. The van der Waals surface area contributed by atoms with Crippen molar-refractivity contribution in [2.45, 2.75) is 52.1 Å². The van der Waals surface area contributed by atoms with E-state index in [0.29, 0.717) is 6.04 Å². The number of pyridine rings is 2. The molecular weight excluding hydrogens is 322 g/mol. The van der Waals surface area contributed by atoms with E-state index < -0.39 is 0 Å². The van der Waals surface area contributed by atoms with Crippen molar-refractivity contribution in [2.75, 3.05) is 5.32 Å². The van der Waals surface area contributed by atoms with Gasteiger partial charge in [-0.1, -0.05) is 37.6 Å². The third kappa shape index (κ3) is 3.00. The fourth-order valence-corrected chi connectivity index (χ4v) is 4.00. The molecule has 0 fully saturated rings. The summed E-state index contributed by atoms with van der Waals surface area (Å²) in [4.78, 5) is 17.5. The van der Waals surface area contributed by atoms with Crippen LogP contribution in [-0.4, -0.2) is 15.6 Å².